The first-order valence-electron chi connectivity index (χ1n) is 11.1. The molecule has 0 fully saturated rings. The third-order valence-corrected chi connectivity index (χ3v) is 7.00. The molecule has 1 aromatic carbocycles. The quantitative estimate of drug-likeness (QED) is 0.243. The molecule has 1 aromatic rings. The summed E-state index contributed by atoms with van der Waals surface area (Å²) in [5.74, 6) is 2.06. The summed E-state index contributed by atoms with van der Waals surface area (Å²) in [4.78, 5) is 24.1. The van der Waals surface area contributed by atoms with E-state index < -0.39 is 5.41 Å². The molecule has 0 amide bonds. The Morgan fingerprint density at radius 2 is 1.30 bits per heavy atom. The monoisotopic (exact) mass is 436 g/mol. The molecule has 0 aliphatic heterocycles. The standard InChI is InChI=1S/C25H40O4S/c1-24(2,22(26)28-4)17-11-7-13-19-30-20-14-8-12-18-25(3,23(27)29-5)21-15-9-6-10-16-21/h6,9-10,15-16H,7-8,11-14,17-20H2,1-5H3. The number of unbranched alkanes of at least 4 members (excludes halogenated alkanes) is 4. The second kappa shape index (κ2) is 13.7. The fraction of sp³-hybridized carbons (Fsp3) is 0.680. The lowest BCUT2D eigenvalue weighted by molar-refractivity contribution is -0.151. The van der Waals surface area contributed by atoms with Gasteiger partial charge in [-0.3, -0.25) is 9.59 Å². The van der Waals surface area contributed by atoms with Crippen LogP contribution in [0.4, 0.5) is 0 Å². The number of carbonyl (C=O) groups is 2. The van der Waals surface area contributed by atoms with Gasteiger partial charge in [-0.15, -0.1) is 0 Å². The van der Waals surface area contributed by atoms with Gasteiger partial charge in [0.1, 0.15) is 0 Å². The highest BCUT2D eigenvalue weighted by Crippen LogP contribution is 2.31. The molecule has 0 N–H and O–H groups in total. The lowest BCUT2D eigenvalue weighted by Crippen LogP contribution is -2.33. The van der Waals surface area contributed by atoms with Crippen molar-refractivity contribution in [1.29, 1.82) is 0 Å². The van der Waals surface area contributed by atoms with Gasteiger partial charge in [-0.2, -0.15) is 11.8 Å². The van der Waals surface area contributed by atoms with Crippen molar-refractivity contribution in [3.8, 4) is 0 Å². The molecule has 4 nitrogen and oxygen atoms in total. The van der Waals surface area contributed by atoms with E-state index in [1.54, 1.807) is 0 Å². The second-order valence-electron chi connectivity index (χ2n) is 8.80. The SMILES string of the molecule is COC(=O)C(C)(C)CCCCCSCCCCCC(C)(C(=O)OC)c1ccccc1. The number of thioether (sulfide) groups is 1. The highest BCUT2D eigenvalue weighted by atomic mass is 32.2. The van der Waals surface area contributed by atoms with Crippen molar-refractivity contribution in [3.63, 3.8) is 0 Å². The molecule has 0 aliphatic carbocycles. The summed E-state index contributed by atoms with van der Waals surface area (Å²) in [6, 6.07) is 9.95. The Morgan fingerprint density at radius 1 is 0.767 bits per heavy atom. The maximum atomic E-state index is 12.4. The summed E-state index contributed by atoms with van der Waals surface area (Å²) in [5.41, 5.74) is 0.0863. The largest absolute Gasteiger partial charge is 0.469 e. The molecular formula is C25H40O4S. The van der Waals surface area contributed by atoms with Gasteiger partial charge in [0, 0.05) is 0 Å². The molecule has 0 aliphatic rings. The Balaban J connectivity index is 2.16. The molecule has 30 heavy (non-hydrogen) atoms. The predicted octanol–water partition coefficient (Wildman–Crippen LogP) is 6.17. The average molecular weight is 437 g/mol. The van der Waals surface area contributed by atoms with Gasteiger partial charge >= 0.3 is 11.9 Å². The number of rotatable bonds is 15. The van der Waals surface area contributed by atoms with Gasteiger partial charge in [-0.25, -0.2) is 0 Å². The topological polar surface area (TPSA) is 52.6 Å². The Morgan fingerprint density at radius 3 is 1.83 bits per heavy atom. The van der Waals surface area contributed by atoms with E-state index in [4.69, 9.17) is 9.47 Å². The number of hydrogen-bond donors (Lipinski definition) is 0. The molecule has 0 bridgehead atoms. The van der Waals surface area contributed by atoms with E-state index in [1.165, 1.54) is 32.8 Å². The van der Waals surface area contributed by atoms with Gasteiger partial charge in [0.2, 0.25) is 0 Å². The van der Waals surface area contributed by atoms with Crippen LogP contribution in [0.25, 0.3) is 0 Å². The van der Waals surface area contributed by atoms with Crippen molar-refractivity contribution in [2.24, 2.45) is 5.41 Å². The zero-order chi connectivity index (χ0) is 22.5. The molecule has 1 unspecified atom stereocenters. The van der Waals surface area contributed by atoms with Gasteiger partial charge in [-0.1, -0.05) is 56.0 Å². The van der Waals surface area contributed by atoms with Gasteiger partial charge in [0.25, 0.3) is 0 Å². The third kappa shape index (κ3) is 8.71. The van der Waals surface area contributed by atoms with E-state index in [9.17, 15) is 9.59 Å². The Labute approximate surface area is 187 Å². The van der Waals surface area contributed by atoms with Crippen LogP contribution in [-0.4, -0.2) is 37.7 Å². The van der Waals surface area contributed by atoms with Gasteiger partial charge < -0.3 is 9.47 Å². The Hall–Kier alpha value is -1.49. The van der Waals surface area contributed by atoms with E-state index >= 15 is 0 Å². The number of carbonyl (C=O) groups excluding carboxylic acids is 2. The summed E-state index contributed by atoms with van der Waals surface area (Å²) >= 11 is 2.00. The van der Waals surface area contributed by atoms with Crippen LogP contribution in [0.15, 0.2) is 30.3 Å². The lowest BCUT2D eigenvalue weighted by Gasteiger charge is -2.27. The van der Waals surface area contributed by atoms with Crippen LogP contribution in [-0.2, 0) is 24.5 Å². The summed E-state index contributed by atoms with van der Waals surface area (Å²) in [6.07, 6.45) is 8.41. The first kappa shape index (κ1) is 26.5. The zero-order valence-corrected chi connectivity index (χ0v) is 20.3. The van der Waals surface area contributed by atoms with E-state index in [2.05, 4.69) is 0 Å². The molecule has 0 heterocycles. The minimum atomic E-state index is -0.568. The first-order chi connectivity index (χ1) is 14.3. The van der Waals surface area contributed by atoms with Gasteiger partial charge in [-0.05, 0) is 63.5 Å². The van der Waals surface area contributed by atoms with Crippen molar-refractivity contribution in [2.45, 2.75) is 77.6 Å². The zero-order valence-electron chi connectivity index (χ0n) is 19.5. The molecule has 0 saturated carbocycles. The average Bonchev–Trinajstić information content (AvgIpc) is 2.76. The minimum Gasteiger partial charge on any atom is -0.469 e. The molecular weight excluding hydrogens is 396 g/mol. The third-order valence-electron chi connectivity index (χ3n) is 5.84. The van der Waals surface area contributed by atoms with E-state index in [0.29, 0.717) is 0 Å². The summed E-state index contributed by atoms with van der Waals surface area (Å²) < 4.78 is 9.94. The predicted molar refractivity (Wildman–Crippen MR) is 126 cm³/mol. The molecule has 170 valence electrons. The van der Waals surface area contributed by atoms with Crippen molar-refractivity contribution in [3.05, 3.63) is 35.9 Å². The fourth-order valence-electron chi connectivity index (χ4n) is 3.68. The summed E-state index contributed by atoms with van der Waals surface area (Å²) in [5, 5.41) is 0. The molecule has 0 saturated heterocycles. The molecule has 1 atom stereocenters. The molecule has 0 aromatic heterocycles. The van der Waals surface area contributed by atoms with E-state index in [1.807, 2.05) is 62.9 Å². The van der Waals surface area contributed by atoms with Crippen LogP contribution in [0.5, 0.6) is 0 Å². The van der Waals surface area contributed by atoms with Crippen molar-refractivity contribution in [2.75, 3.05) is 25.7 Å². The van der Waals surface area contributed by atoms with Crippen LogP contribution in [0.3, 0.4) is 0 Å². The Kier molecular flexibility index (Phi) is 12.2. The Bertz CT molecular complexity index is 629. The molecule has 0 spiro atoms. The van der Waals surface area contributed by atoms with E-state index in [0.717, 1.165) is 49.8 Å². The van der Waals surface area contributed by atoms with Crippen molar-refractivity contribution in [1.82, 2.24) is 0 Å². The molecule has 1 rings (SSSR count). The van der Waals surface area contributed by atoms with Crippen molar-refractivity contribution < 1.29 is 19.1 Å². The molecule has 5 heteroatoms. The van der Waals surface area contributed by atoms with Gasteiger partial charge in [0.05, 0.1) is 25.0 Å². The van der Waals surface area contributed by atoms with Crippen molar-refractivity contribution >= 4 is 23.7 Å². The highest BCUT2D eigenvalue weighted by molar-refractivity contribution is 7.99. The van der Waals surface area contributed by atoms with Crippen LogP contribution < -0.4 is 0 Å². The number of ether oxygens (including phenoxy) is 2. The smallest absolute Gasteiger partial charge is 0.315 e. The number of hydrogen-bond acceptors (Lipinski definition) is 5. The van der Waals surface area contributed by atoms with Crippen LogP contribution in [0.2, 0.25) is 0 Å². The van der Waals surface area contributed by atoms with E-state index in [-0.39, 0.29) is 17.4 Å². The minimum absolute atomic E-state index is 0.118. The van der Waals surface area contributed by atoms with Crippen LogP contribution in [0, 0.1) is 5.41 Å². The number of methoxy groups -OCH3 is 2. The van der Waals surface area contributed by atoms with Crippen LogP contribution >= 0.6 is 11.8 Å². The fourth-order valence-corrected chi connectivity index (χ4v) is 4.70. The first-order valence-corrected chi connectivity index (χ1v) is 12.2. The second-order valence-corrected chi connectivity index (χ2v) is 10.0. The maximum absolute atomic E-state index is 12.4. The highest BCUT2D eigenvalue weighted by Gasteiger charge is 2.35. The van der Waals surface area contributed by atoms with Gasteiger partial charge in [0.15, 0.2) is 0 Å². The molecule has 0 radical (unpaired) electrons. The lowest BCUT2D eigenvalue weighted by atomic mass is 9.78. The summed E-state index contributed by atoms with van der Waals surface area (Å²) in [7, 11) is 2.93. The van der Waals surface area contributed by atoms with Crippen LogP contribution in [0.1, 0.15) is 77.7 Å². The number of benzene rings is 1. The maximum Gasteiger partial charge on any atom is 0.315 e. The normalized spacial score (nSPS) is 13.5. The number of esters is 2. The summed E-state index contributed by atoms with van der Waals surface area (Å²) in [6.45, 7) is 5.90.